The zero-order valence-electron chi connectivity index (χ0n) is 11.2. The first kappa shape index (κ1) is 13.6. The van der Waals surface area contributed by atoms with Gasteiger partial charge in [0.2, 0.25) is 0 Å². The minimum absolute atomic E-state index is 0.0198. The fourth-order valence-corrected chi connectivity index (χ4v) is 2.14. The summed E-state index contributed by atoms with van der Waals surface area (Å²) < 4.78 is 19.3. The van der Waals surface area contributed by atoms with Gasteiger partial charge in [-0.1, -0.05) is 12.1 Å². The lowest BCUT2D eigenvalue weighted by molar-refractivity contribution is 0.0706. The fourth-order valence-electron chi connectivity index (χ4n) is 2.14. The summed E-state index contributed by atoms with van der Waals surface area (Å²) in [5.74, 6) is -0.204. The SMILES string of the molecule is O=C(NO)c1ccc(Oc2ccc(C3CC3)cc2)c(F)c1. The second-order valence-corrected chi connectivity index (χ2v) is 5.03. The molecule has 0 radical (unpaired) electrons. The van der Waals surface area contributed by atoms with Gasteiger partial charge in [0, 0.05) is 5.56 Å². The van der Waals surface area contributed by atoms with Crippen molar-refractivity contribution in [1.29, 1.82) is 0 Å². The number of hydrogen-bond acceptors (Lipinski definition) is 3. The number of rotatable bonds is 4. The zero-order chi connectivity index (χ0) is 14.8. The number of hydrogen-bond donors (Lipinski definition) is 2. The van der Waals surface area contributed by atoms with Crippen LogP contribution in [0.4, 0.5) is 4.39 Å². The van der Waals surface area contributed by atoms with E-state index in [1.54, 1.807) is 12.1 Å². The number of halogens is 1. The van der Waals surface area contributed by atoms with Crippen LogP contribution in [0, 0.1) is 5.82 Å². The average Bonchev–Trinajstić information content (AvgIpc) is 3.34. The van der Waals surface area contributed by atoms with Gasteiger partial charge in [-0.05, 0) is 54.7 Å². The Hall–Kier alpha value is -2.40. The van der Waals surface area contributed by atoms with E-state index < -0.39 is 11.7 Å². The highest BCUT2D eigenvalue weighted by Gasteiger charge is 2.23. The number of amides is 1. The zero-order valence-corrected chi connectivity index (χ0v) is 11.2. The van der Waals surface area contributed by atoms with E-state index in [4.69, 9.17) is 9.94 Å². The van der Waals surface area contributed by atoms with E-state index in [0.717, 1.165) is 6.07 Å². The maximum Gasteiger partial charge on any atom is 0.274 e. The van der Waals surface area contributed by atoms with Crippen LogP contribution in [-0.2, 0) is 0 Å². The van der Waals surface area contributed by atoms with Gasteiger partial charge < -0.3 is 4.74 Å². The molecule has 21 heavy (non-hydrogen) atoms. The van der Waals surface area contributed by atoms with Gasteiger partial charge in [0.05, 0.1) is 0 Å². The number of ether oxygens (including phenoxy) is 1. The molecule has 0 aliphatic heterocycles. The van der Waals surface area contributed by atoms with Gasteiger partial charge in [-0.25, -0.2) is 9.87 Å². The summed E-state index contributed by atoms with van der Waals surface area (Å²) in [5, 5.41) is 8.51. The Morgan fingerprint density at radius 3 is 2.48 bits per heavy atom. The van der Waals surface area contributed by atoms with Gasteiger partial charge in [0.25, 0.3) is 5.91 Å². The molecular weight excluding hydrogens is 273 g/mol. The van der Waals surface area contributed by atoms with Crippen LogP contribution in [0.2, 0.25) is 0 Å². The molecule has 0 atom stereocenters. The van der Waals surface area contributed by atoms with Crippen molar-refractivity contribution in [2.75, 3.05) is 0 Å². The van der Waals surface area contributed by atoms with Crippen molar-refractivity contribution in [2.24, 2.45) is 0 Å². The van der Waals surface area contributed by atoms with E-state index >= 15 is 0 Å². The third kappa shape index (κ3) is 3.03. The van der Waals surface area contributed by atoms with Crippen LogP contribution in [-0.4, -0.2) is 11.1 Å². The van der Waals surface area contributed by atoms with Crippen LogP contribution in [0.5, 0.6) is 11.5 Å². The maximum atomic E-state index is 13.9. The molecule has 1 fully saturated rings. The lowest BCUT2D eigenvalue weighted by Gasteiger charge is -2.08. The topological polar surface area (TPSA) is 58.6 Å². The third-order valence-corrected chi connectivity index (χ3v) is 3.45. The van der Waals surface area contributed by atoms with Gasteiger partial charge in [-0.15, -0.1) is 0 Å². The van der Waals surface area contributed by atoms with Crippen LogP contribution in [0.1, 0.15) is 34.7 Å². The van der Waals surface area contributed by atoms with Crippen LogP contribution in [0.15, 0.2) is 42.5 Å². The summed E-state index contributed by atoms with van der Waals surface area (Å²) in [4.78, 5) is 11.2. The molecule has 0 saturated heterocycles. The summed E-state index contributed by atoms with van der Waals surface area (Å²) in [5.41, 5.74) is 2.75. The molecule has 3 rings (SSSR count). The molecule has 5 heteroatoms. The van der Waals surface area contributed by atoms with Crippen molar-refractivity contribution in [3.8, 4) is 11.5 Å². The average molecular weight is 287 g/mol. The molecule has 0 spiro atoms. The van der Waals surface area contributed by atoms with Gasteiger partial charge in [0.1, 0.15) is 5.75 Å². The van der Waals surface area contributed by atoms with E-state index in [-0.39, 0.29) is 11.3 Å². The van der Waals surface area contributed by atoms with E-state index in [1.165, 1.54) is 36.0 Å². The molecule has 108 valence electrons. The van der Waals surface area contributed by atoms with Gasteiger partial charge >= 0.3 is 0 Å². The van der Waals surface area contributed by atoms with Gasteiger partial charge in [-0.3, -0.25) is 10.0 Å². The molecule has 0 aromatic heterocycles. The summed E-state index contributed by atoms with van der Waals surface area (Å²) >= 11 is 0. The molecule has 0 unspecified atom stereocenters. The molecule has 1 saturated carbocycles. The second kappa shape index (κ2) is 5.54. The molecule has 1 amide bonds. The summed E-state index contributed by atoms with van der Waals surface area (Å²) in [7, 11) is 0. The Morgan fingerprint density at radius 2 is 1.90 bits per heavy atom. The van der Waals surface area contributed by atoms with Crippen molar-refractivity contribution in [3.05, 3.63) is 59.4 Å². The van der Waals surface area contributed by atoms with Crippen molar-refractivity contribution in [3.63, 3.8) is 0 Å². The minimum atomic E-state index is -0.769. The number of hydroxylamine groups is 1. The molecule has 2 aromatic carbocycles. The highest BCUT2D eigenvalue weighted by atomic mass is 19.1. The van der Waals surface area contributed by atoms with Crippen molar-refractivity contribution in [1.82, 2.24) is 5.48 Å². The lowest BCUT2D eigenvalue weighted by atomic mass is 10.1. The first-order valence-electron chi connectivity index (χ1n) is 6.69. The number of nitrogens with one attached hydrogen (secondary N) is 1. The Kier molecular flexibility index (Phi) is 3.58. The van der Waals surface area contributed by atoms with Crippen LogP contribution in [0.3, 0.4) is 0 Å². The molecular formula is C16H14FNO3. The smallest absolute Gasteiger partial charge is 0.274 e. The first-order valence-corrected chi connectivity index (χ1v) is 6.69. The Morgan fingerprint density at radius 1 is 1.19 bits per heavy atom. The molecule has 0 bridgehead atoms. The molecule has 4 nitrogen and oxygen atoms in total. The predicted molar refractivity (Wildman–Crippen MR) is 74.1 cm³/mol. The summed E-state index contributed by atoms with van der Waals surface area (Å²) in [6.07, 6.45) is 2.45. The lowest BCUT2D eigenvalue weighted by Crippen LogP contribution is -2.18. The number of carbonyl (C=O) groups is 1. The minimum Gasteiger partial charge on any atom is -0.454 e. The summed E-state index contributed by atoms with van der Waals surface area (Å²) in [6, 6.07) is 11.3. The van der Waals surface area contributed by atoms with E-state index in [0.29, 0.717) is 11.7 Å². The maximum absolute atomic E-state index is 13.9. The van der Waals surface area contributed by atoms with E-state index in [1.807, 2.05) is 12.1 Å². The quantitative estimate of drug-likeness (QED) is 0.667. The third-order valence-electron chi connectivity index (χ3n) is 3.45. The van der Waals surface area contributed by atoms with Crippen LogP contribution in [0.25, 0.3) is 0 Å². The van der Waals surface area contributed by atoms with Crippen LogP contribution < -0.4 is 10.2 Å². The monoisotopic (exact) mass is 287 g/mol. The first-order chi connectivity index (χ1) is 10.2. The Labute approximate surface area is 121 Å². The Balaban J connectivity index is 1.76. The predicted octanol–water partition coefficient (Wildman–Crippen LogP) is 3.61. The van der Waals surface area contributed by atoms with Gasteiger partial charge in [-0.2, -0.15) is 0 Å². The number of benzene rings is 2. The fraction of sp³-hybridized carbons (Fsp3) is 0.188. The van der Waals surface area contributed by atoms with Crippen LogP contribution >= 0.6 is 0 Å². The van der Waals surface area contributed by atoms with Crippen molar-refractivity contribution >= 4 is 5.91 Å². The molecule has 2 N–H and O–H groups in total. The standard InChI is InChI=1S/C16H14FNO3/c17-14-9-12(16(19)18-20)5-8-15(14)21-13-6-3-11(4-7-13)10-1-2-10/h3-10,20H,1-2H2,(H,18,19). The highest BCUT2D eigenvalue weighted by molar-refractivity contribution is 5.93. The second-order valence-electron chi connectivity index (χ2n) is 5.03. The molecule has 1 aliphatic rings. The van der Waals surface area contributed by atoms with E-state index in [9.17, 15) is 9.18 Å². The molecule has 2 aromatic rings. The summed E-state index contributed by atoms with van der Waals surface area (Å²) in [6.45, 7) is 0. The van der Waals surface area contributed by atoms with E-state index in [2.05, 4.69) is 0 Å². The molecule has 0 heterocycles. The number of carbonyl (C=O) groups excluding carboxylic acids is 1. The van der Waals surface area contributed by atoms with Crippen molar-refractivity contribution < 1.29 is 19.1 Å². The largest absolute Gasteiger partial charge is 0.454 e. The highest BCUT2D eigenvalue weighted by Crippen LogP contribution is 2.40. The van der Waals surface area contributed by atoms with Crippen molar-refractivity contribution in [2.45, 2.75) is 18.8 Å². The Bertz CT molecular complexity index is 666. The molecule has 1 aliphatic carbocycles. The normalized spacial score (nSPS) is 13.8. The van der Waals surface area contributed by atoms with Gasteiger partial charge in [0.15, 0.2) is 11.6 Å².